The van der Waals surface area contributed by atoms with Gasteiger partial charge in [0, 0.05) is 30.8 Å². The smallest absolute Gasteiger partial charge is 0.260 e. The van der Waals surface area contributed by atoms with Crippen LogP contribution in [0.4, 0.5) is 0 Å². The predicted octanol–water partition coefficient (Wildman–Crippen LogP) is 4.03. The van der Waals surface area contributed by atoms with E-state index in [1.54, 1.807) is 25.6 Å². The Morgan fingerprint density at radius 2 is 2.03 bits per heavy atom. The highest BCUT2D eigenvalue weighted by atomic mass is 16.5. The topological polar surface area (TPSA) is 70.1 Å². The standard InChI is InChI=1S/C26H32N2O5/c1-25(2)20-14-26(17-32-23(20)19-7-4-8-21(30-3)24(19)33-25)9-12-28(13-10-26)22(29)16-31-18-6-5-11-27-15-18/h4-8,11,15,20,23H,9-10,12-14,16-17H2,1-3H3/t20-,23+/m0/s1. The Balaban J connectivity index is 1.24. The Hall–Kier alpha value is -2.80. The lowest BCUT2D eigenvalue weighted by Gasteiger charge is -2.54. The number of carbonyl (C=O) groups excluding carboxylic acids is 1. The molecule has 3 aliphatic heterocycles. The number of pyridine rings is 1. The lowest BCUT2D eigenvalue weighted by molar-refractivity contribution is -0.176. The molecule has 2 saturated heterocycles. The van der Waals surface area contributed by atoms with Gasteiger partial charge < -0.3 is 23.8 Å². The summed E-state index contributed by atoms with van der Waals surface area (Å²) in [5.74, 6) is 2.43. The van der Waals surface area contributed by atoms with E-state index in [9.17, 15) is 4.79 Å². The van der Waals surface area contributed by atoms with E-state index in [-0.39, 0.29) is 35.6 Å². The van der Waals surface area contributed by atoms with Gasteiger partial charge in [-0.1, -0.05) is 12.1 Å². The van der Waals surface area contributed by atoms with Gasteiger partial charge in [0.2, 0.25) is 0 Å². The zero-order valence-electron chi connectivity index (χ0n) is 19.6. The Morgan fingerprint density at radius 3 is 2.76 bits per heavy atom. The third-order valence-electron chi connectivity index (χ3n) is 7.55. The number of aromatic nitrogens is 1. The van der Waals surface area contributed by atoms with Gasteiger partial charge in [0.15, 0.2) is 18.1 Å². The van der Waals surface area contributed by atoms with Crippen LogP contribution in [0, 0.1) is 11.3 Å². The first kappa shape index (κ1) is 22.0. The van der Waals surface area contributed by atoms with Crippen LogP contribution in [0.1, 0.15) is 44.8 Å². The number of para-hydroxylation sites is 1. The minimum atomic E-state index is -0.371. The van der Waals surface area contributed by atoms with Crippen molar-refractivity contribution in [3.05, 3.63) is 48.3 Å². The van der Waals surface area contributed by atoms with E-state index in [0.29, 0.717) is 12.4 Å². The van der Waals surface area contributed by atoms with Gasteiger partial charge in [-0.15, -0.1) is 0 Å². The van der Waals surface area contributed by atoms with E-state index >= 15 is 0 Å². The molecule has 5 rings (SSSR count). The molecule has 0 unspecified atom stereocenters. The van der Waals surface area contributed by atoms with Crippen LogP contribution in [0.3, 0.4) is 0 Å². The molecule has 176 valence electrons. The first-order valence-corrected chi connectivity index (χ1v) is 11.7. The Labute approximate surface area is 195 Å². The van der Waals surface area contributed by atoms with Crippen molar-refractivity contribution in [2.75, 3.05) is 33.4 Å². The lowest BCUT2D eigenvalue weighted by Crippen LogP contribution is -2.55. The second-order valence-corrected chi connectivity index (χ2v) is 9.98. The van der Waals surface area contributed by atoms with Gasteiger partial charge in [0.25, 0.3) is 5.91 Å². The Kier molecular flexibility index (Phi) is 5.69. The average Bonchev–Trinajstić information content (AvgIpc) is 2.83. The number of fused-ring (bicyclic) bond motifs is 3. The monoisotopic (exact) mass is 452 g/mol. The molecular formula is C26H32N2O5. The summed E-state index contributed by atoms with van der Waals surface area (Å²) in [5, 5.41) is 0. The van der Waals surface area contributed by atoms with Crippen molar-refractivity contribution in [1.29, 1.82) is 0 Å². The molecule has 33 heavy (non-hydrogen) atoms. The third-order valence-corrected chi connectivity index (χ3v) is 7.55. The zero-order chi connectivity index (χ0) is 23.1. The highest BCUT2D eigenvalue weighted by molar-refractivity contribution is 5.77. The molecular weight excluding hydrogens is 420 g/mol. The SMILES string of the molecule is COc1cccc2c1OC(C)(C)[C@H]1CC3(CCN(C(=O)COc4cccnc4)CC3)CO[C@H]21. The molecule has 1 aromatic carbocycles. The first-order valence-electron chi connectivity index (χ1n) is 11.7. The number of carbonyl (C=O) groups is 1. The number of ether oxygens (including phenoxy) is 4. The maximum absolute atomic E-state index is 12.7. The van der Waals surface area contributed by atoms with Gasteiger partial charge >= 0.3 is 0 Å². The summed E-state index contributed by atoms with van der Waals surface area (Å²) in [7, 11) is 1.67. The molecule has 1 aromatic heterocycles. The van der Waals surface area contributed by atoms with Crippen LogP contribution < -0.4 is 14.2 Å². The fourth-order valence-corrected chi connectivity index (χ4v) is 5.55. The maximum Gasteiger partial charge on any atom is 0.260 e. The van der Waals surface area contributed by atoms with E-state index < -0.39 is 0 Å². The highest BCUT2D eigenvalue weighted by Crippen LogP contribution is 2.57. The quantitative estimate of drug-likeness (QED) is 0.698. The largest absolute Gasteiger partial charge is 0.493 e. The van der Waals surface area contributed by atoms with Crippen LogP contribution in [-0.2, 0) is 9.53 Å². The number of methoxy groups -OCH3 is 1. The fourth-order valence-electron chi connectivity index (χ4n) is 5.55. The van der Waals surface area contributed by atoms with Crippen molar-refractivity contribution in [3.63, 3.8) is 0 Å². The lowest BCUT2D eigenvalue weighted by atomic mass is 9.64. The van der Waals surface area contributed by atoms with Crippen LogP contribution >= 0.6 is 0 Å². The van der Waals surface area contributed by atoms with Gasteiger partial charge in [0.1, 0.15) is 11.4 Å². The van der Waals surface area contributed by atoms with Crippen molar-refractivity contribution in [2.45, 2.75) is 44.8 Å². The summed E-state index contributed by atoms with van der Waals surface area (Å²) >= 11 is 0. The number of nitrogens with zero attached hydrogens (tertiary/aromatic N) is 2. The van der Waals surface area contributed by atoms with E-state index in [4.69, 9.17) is 18.9 Å². The highest BCUT2D eigenvalue weighted by Gasteiger charge is 2.53. The summed E-state index contributed by atoms with van der Waals surface area (Å²) in [6, 6.07) is 9.63. The zero-order valence-corrected chi connectivity index (χ0v) is 19.6. The fraction of sp³-hybridized carbons (Fsp3) is 0.538. The molecule has 0 bridgehead atoms. The number of hydrogen-bond acceptors (Lipinski definition) is 6. The van der Waals surface area contributed by atoms with Gasteiger partial charge in [-0.05, 0) is 56.7 Å². The number of piperidine rings is 1. The molecule has 0 N–H and O–H groups in total. The first-order chi connectivity index (χ1) is 15.9. The van der Waals surface area contributed by atoms with Crippen LogP contribution in [0.15, 0.2) is 42.7 Å². The molecule has 1 amide bonds. The minimum Gasteiger partial charge on any atom is -0.493 e. The van der Waals surface area contributed by atoms with Gasteiger partial charge in [-0.3, -0.25) is 9.78 Å². The van der Waals surface area contributed by atoms with Crippen LogP contribution in [-0.4, -0.2) is 54.8 Å². The van der Waals surface area contributed by atoms with E-state index in [0.717, 1.165) is 49.4 Å². The maximum atomic E-state index is 12.7. The van der Waals surface area contributed by atoms with E-state index in [1.807, 2.05) is 23.1 Å². The third kappa shape index (κ3) is 4.14. The molecule has 0 radical (unpaired) electrons. The molecule has 0 saturated carbocycles. The second kappa shape index (κ2) is 8.52. The van der Waals surface area contributed by atoms with Crippen molar-refractivity contribution < 1.29 is 23.7 Å². The number of amides is 1. The average molecular weight is 453 g/mol. The Morgan fingerprint density at radius 1 is 1.21 bits per heavy atom. The minimum absolute atomic E-state index is 0.00276. The molecule has 7 heteroatoms. The van der Waals surface area contributed by atoms with Gasteiger partial charge in [-0.25, -0.2) is 0 Å². The molecule has 2 atom stereocenters. The normalized spacial score (nSPS) is 24.9. The van der Waals surface area contributed by atoms with Gasteiger partial charge in [0.05, 0.1) is 26.0 Å². The number of benzene rings is 1. The molecule has 4 heterocycles. The molecule has 2 aromatic rings. The Bertz CT molecular complexity index is 1000. The van der Waals surface area contributed by atoms with Crippen molar-refractivity contribution in [2.24, 2.45) is 11.3 Å². The molecule has 7 nitrogen and oxygen atoms in total. The number of likely N-dealkylation sites (tertiary alicyclic amines) is 1. The van der Waals surface area contributed by atoms with Crippen molar-refractivity contribution >= 4 is 5.91 Å². The van der Waals surface area contributed by atoms with Crippen LogP contribution in [0.5, 0.6) is 17.2 Å². The number of hydrogen-bond donors (Lipinski definition) is 0. The van der Waals surface area contributed by atoms with Crippen molar-refractivity contribution in [3.8, 4) is 17.2 Å². The van der Waals surface area contributed by atoms with Crippen LogP contribution in [0.2, 0.25) is 0 Å². The summed E-state index contributed by atoms with van der Waals surface area (Å²) in [5.41, 5.74) is 0.775. The van der Waals surface area contributed by atoms with E-state index in [2.05, 4.69) is 24.9 Å². The second-order valence-electron chi connectivity index (χ2n) is 9.98. The van der Waals surface area contributed by atoms with Crippen molar-refractivity contribution in [1.82, 2.24) is 9.88 Å². The summed E-state index contributed by atoms with van der Waals surface area (Å²) < 4.78 is 24.2. The number of rotatable bonds is 4. The van der Waals surface area contributed by atoms with Gasteiger partial charge in [-0.2, -0.15) is 0 Å². The summed E-state index contributed by atoms with van der Waals surface area (Å²) in [6.45, 7) is 6.49. The predicted molar refractivity (Wildman–Crippen MR) is 122 cm³/mol. The molecule has 1 spiro atoms. The summed E-state index contributed by atoms with van der Waals surface area (Å²) in [4.78, 5) is 18.6. The molecule has 3 aliphatic rings. The molecule has 2 fully saturated rings. The summed E-state index contributed by atoms with van der Waals surface area (Å²) in [6.07, 6.45) is 6.18. The van der Waals surface area contributed by atoms with Crippen LogP contribution in [0.25, 0.3) is 0 Å². The van der Waals surface area contributed by atoms with E-state index in [1.165, 1.54) is 0 Å². The molecule has 0 aliphatic carbocycles.